The number of hydrogen-bond donors (Lipinski definition) is 1. The highest BCUT2D eigenvalue weighted by molar-refractivity contribution is 5.28. The Kier molecular flexibility index (Phi) is 4.57. The molecule has 1 aromatic heterocycles. The molecule has 4 rings (SSSR count). The number of ether oxygens (including phenoxy) is 1. The van der Waals surface area contributed by atoms with E-state index in [1.165, 1.54) is 11.9 Å². The zero-order valence-corrected chi connectivity index (χ0v) is 14.6. The van der Waals surface area contributed by atoms with Crippen molar-refractivity contribution in [2.24, 2.45) is 11.8 Å². The van der Waals surface area contributed by atoms with Gasteiger partial charge in [-0.2, -0.15) is 0 Å². The Bertz CT molecular complexity index is 678. The predicted octanol–water partition coefficient (Wildman–Crippen LogP) is 3.08. The maximum absolute atomic E-state index is 9.43. The number of hydrogen-bond acceptors (Lipinski definition) is 5. The van der Waals surface area contributed by atoms with Crippen LogP contribution in [0.2, 0.25) is 0 Å². The van der Waals surface area contributed by atoms with Crippen molar-refractivity contribution in [3.05, 3.63) is 48.5 Å². The smallest absolute Gasteiger partial charge is 0.156 e. The Morgan fingerprint density at radius 2 is 1.76 bits per heavy atom. The van der Waals surface area contributed by atoms with E-state index in [9.17, 15) is 5.11 Å². The number of likely N-dealkylation sites (tertiary alicyclic amines) is 1. The van der Waals surface area contributed by atoms with Crippen LogP contribution in [0.25, 0.3) is 0 Å². The molecule has 2 aromatic rings. The summed E-state index contributed by atoms with van der Waals surface area (Å²) in [5.41, 5.74) is 1.29. The lowest BCUT2D eigenvalue weighted by atomic mass is 10.0. The van der Waals surface area contributed by atoms with Crippen LogP contribution in [0.3, 0.4) is 0 Å². The first-order valence-corrected chi connectivity index (χ1v) is 9.10. The van der Waals surface area contributed by atoms with Crippen molar-refractivity contribution in [1.82, 2.24) is 14.9 Å². The minimum Gasteiger partial charge on any atom is -0.508 e. The number of aromatic nitrogens is 2. The Labute approximate surface area is 148 Å². The molecule has 1 aliphatic heterocycles. The Hall–Kier alpha value is -2.14. The molecule has 1 N–H and O–H groups in total. The molecule has 1 saturated carbocycles. The van der Waals surface area contributed by atoms with Crippen molar-refractivity contribution in [3.8, 4) is 11.5 Å². The molecule has 0 spiro atoms. The summed E-state index contributed by atoms with van der Waals surface area (Å²) in [6.07, 6.45) is 7.58. The van der Waals surface area contributed by atoms with Crippen molar-refractivity contribution < 1.29 is 9.84 Å². The molecule has 1 saturated heterocycles. The average molecular weight is 339 g/mol. The zero-order valence-electron chi connectivity index (χ0n) is 14.6. The van der Waals surface area contributed by atoms with Gasteiger partial charge in [-0.1, -0.05) is 19.1 Å². The summed E-state index contributed by atoms with van der Waals surface area (Å²) < 4.78 is 6.04. The van der Waals surface area contributed by atoms with E-state index in [0.717, 1.165) is 50.1 Å². The molecule has 0 amide bonds. The number of nitrogens with zero attached hydrogens (tertiary/aromatic N) is 3. The zero-order chi connectivity index (χ0) is 17.2. The quantitative estimate of drug-likeness (QED) is 0.907. The van der Waals surface area contributed by atoms with Gasteiger partial charge in [-0.25, -0.2) is 9.97 Å². The van der Waals surface area contributed by atoms with Crippen molar-refractivity contribution in [1.29, 1.82) is 0 Å². The fraction of sp³-hybridized carbons (Fsp3) is 0.500. The van der Waals surface area contributed by atoms with Gasteiger partial charge in [0.1, 0.15) is 12.1 Å². The van der Waals surface area contributed by atoms with Crippen LogP contribution in [-0.4, -0.2) is 45.7 Å². The number of benzene rings is 1. The van der Waals surface area contributed by atoms with Crippen molar-refractivity contribution in [2.75, 3.05) is 19.6 Å². The maximum atomic E-state index is 9.43. The fourth-order valence-corrected chi connectivity index (χ4v) is 4.42. The molecule has 5 heteroatoms. The van der Waals surface area contributed by atoms with Gasteiger partial charge < -0.3 is 14.7 Å². The molecular formula is C20H25N3O2. The monoisotopic (exact) mass is 339 g/mol. The highest BCUT2D eigenvalue weighted by Gasteiger charge is 2.42. The first-order valence-electron chi connectivity index (χ1n) is 9.10. The van der Waals surface area contributed by atoms with Gasteiger partial charge in [0.2, 0.25) is 0 Å². The van der Waals surface area contributed by atoms with Crippen LogP contribution in [0.15, 0.2) is 43.0 Å². The molecule has 2 fully saturated rings. The highest BCUT2D eigenvalue weighted by atomic mass is 16.5. The molecule has 132 valence electrons. The van der Waals surface area contributed by atoms with E-state index in [1.54, 1.807) is 24.5 Å². The second kappa shape index (κ2) is 7.00. The SMILES string of the molecule is CC(CN1CC2CC(Oc3cncnc3)C[C@H]2C1)c1ccc(O)cc1. The van der Waals surface area contributed by atoms with Gasteiger partial charge in [-0.15, -0.1) is 0 Å². The average Bonchev–Trinajstić information content (AvgIpc) is 3.14. The first kappa shape index (κ1) is 16.3. The largest absolute Gasteiger partial charge is 0.508 e. The van der Waals surface area contributed by atoms with E-state index in [0.29, 0.717) is 17.8 Å². The molecule has 1 aromatic carbocycles. The lowest BCUT2D eigenvalue weighted by Crippen LogP contribution is -2.28. The van der Waals surface area contributed by atoms with E-state index in [1.807, 2.05) is 12.1 Å². The van der Waals surface area contributed by atoms with E-state index in [4.69, 9.17) is 4.74 Å². The summed E-state index contributed by atoms with van der Waals surface area (Å²) in [5.74, 6) is 3.07. The molecular weight excluding hydrogens is 314 g/mol. The van der Waals surface area contributed by atoms with Crippen LogP contribution in [0.1, 0.15) is 31.2 Å². The van der Waals surface area contributed by atoms with E-state index >= 15 is 0 Å². The lowest BCUT2D eigenvalue weighted by molar-refractivity contribution is 0.183. The van der Waals surface area contributed by atoms with Crippen molar-refractivity contribution >= 4 is 0 Å². The maximum Gasteiger partial charge on any atom is 0.156 e. The third-order valence-corrected chi connectivity index (χ3v) is 5.62. The first-order chi connectivity index (χ1) is 12.2. The molecule has 3 unspecified atom stereocenters. The topological polar surface area (TPSA) is 58.5 Å². The Balaban J connectivity index is 1.28. The normalized spacial score (nSPS) is 27.2. The number of aromatic hydroxyl groups is 1. The van der Waals surface area contributed by atoms with Crippen LogP contribution in [0.5, 0.6) is 11.5 Å². The van der Waals surface area contributed by atoms with Crippen LogP contribution in [0.4, 0.5) is 0 Å². The minimum absolute atomic E-state index is 0.303. The standard InChI is InChI=1S/C20H25N3O2/c1-14(15-2-4-18(24)5-3-15)10-23-11-16-6-19(7-17(16)12-23)25-20-8-21-13-22-9-20/h2-5,8-9,13-14,16-17,19,24H,6-7,10-12H2,1H3/t14?,16-,17?,19?/m0/s1. The van der Waals surface area contributed by atoms with E-state index < -0.39 is 0 Å². The van der Waals surface area contributed by atoms with Crippen LogP contribution in [-0.2, 0) is 0 Å². The van der Waals surface area contributed by atoms with Gasteiger partial charge in [0.25, 0.3) is 0 Å². The molecule has 1 aliphatic carbocycles. The lowest BCUT2D eigenvalue weighted by Gasteiger charge is -2.23. The number of phenols is 1. The van der Waals surface area contributed by atoms with Gasteiger partial charge in [0, 0.05) is 19.6 Å². The number of rotatable bonds is 5. The van der Waals surface area contributed by atoms with Crippen LogP contribution < -0.4 is 4.74 Å². The summed E-state index contributed by atoms with van der Waals surface area (Å²) in [6, 6.07) is 7.62. The third kappa shape index (κ3) is 3.76. The van der Waals surface area contributed by atoms with Crippen molar-refractivity contribution in [2.45, 2.75) is 31.8 Å². The Morgan fingerprint density at radius 1 is 1.12 bits per heavy atom. The van der Waals surface area contributed by atoms with Gasteiger partial charge >= 0.3 is 0 Å². The second-order valence-electron chi connectivity index (χ2n) is 7.52. The molecule has 25 heavy (non-hydrogen) atoms. The van der Waals surface area contributed by atoms with Crippen LogP contribution in [0, 0.1) is 11.8 Å². The summed E-state index contributed by atoms with van der Waals surface area (Å²) in [6.45, 7) is 5.67. The molecule has 2 aliphatic rings. The number of fused-ring (bicyclic) bond motifs is 1. The minimum atomic E-state index is 0.303. The van der Waals surface area contributed by atoms with Gasteiger partial charge in [0.15, 0.2) is 5.75 Å². The Morgan fingerprint density at radius 3 is 2.40 bits per heavy atom. The molecule has 0 bridgehead atoms. The molecule has 5 nitrogen and oxygen atoms in total. The summed E-state index contributed by atoms with van der Waals surface area (Å²) in [7, 11) is 0. The van der Waals surface area contributed by atoms with Crippen molar-refractivity contribution in [3.63, 3.8) is 0 Å². The molecule has 2 heterocycles. The molecule has 4 atom stereocenters. The summed E-state index contributed by atoms with van der Waals surface area (Å²) in [4.78, 5) is 10.6. The fourth-order valence-electron chi connectivity index (χ4n) is 4.42. The predicted molar refractivity (Wildman–Crippen MR) is 95.6 cm³/mol. The van der Waals surface area contributed by atoms with Gasteiger partial charge in [0.05, 0.1) is 18.5 Å². The molecule has 0 radical (unpaired) electrons. The van der Waals surface area contributed by atoms with Crippen LogP contribution >= 0.6 is 0 Å². The third-order valence-electron chi connectivity index (χ3n) is 5.62. The van der Waals surface area contributed by atoms with Gasteiger partial charge in [-0.3, -0.25) is 0 Å². The van der Waals surface area contributed by atoms with Gasteiger partial charge in [-0.05, 0) is 48.3 Å². The van der Waals surface area contributed by atoms with E-state index in [-0.39, 0.29) is 0 Å². The summed E-state index contributed by atoms with van der Waals surface area (Å²) in [5, 5.41) is 9.43. The second-order valence-corrected chi connectivity index (χ2v) is 7.52. The summed E-state index contributed by atoms with van der Waals surface area (Å²) >= 11 is 0. The van der Waals surface area contributed by atoms with E-state index in [2.05, 4.69) is 21.8 Å². The number of phenolic OH excluding ortho intramolecular Hbond substituents is 1. The highest BCUT2D eigenvalue weighted by Crippen LogP contribution is 2.40.